The van der Waals surface area contributed by atoms with Crippen molar-refractivity contribution >= 4 is 34.4 Å². The standard InChI is InChI=1S/C42H46N8/c1-25-43-45-39-40-46-44-26(2)48(40)38-36(50-33-21-13-9-17-29(33)42(5,6)30-18-10-14-22-34(30)50)24-23-35(37(38)47(25)39)49-31-19-11-7-15-27(31)41(3,4)28-16-8-12-20-32(28)49/h7-22,35-40,45-46H,23-24H2,1-6H3. The zero-order valence-corrected chi connectivity index (χ0v) is 29.8. The second-order valence-corrected chi connectivity index (χ2v) is 16.0. The summed E-state index contributed by atoms with van der Waals surface area (Å²) in [4.78, 5) is 10.6. The van der Waals surface area contributed by atoms with E-state index in [1.54, 1.807) is 0 Å². The summed E-state index contributed by atoms with van der Waals surface area (Å²) in [5.74, 6) is 2.09. The second kappa shape index (κ2) is 10.3. The van der Waals surface area contributed by atoms with Crippen LogP contribution < -0.4 is 20.7 Å². The Morgan fingerprint density at radius 1 is 0.500 bits per heavy atom. The van der Waals surface area contributed by atoms with Crippen LogP contribution in [-0.2, 0) is 10.8 Å². The van der Waals surface area contributed by atoms with Gasteiger partial charge < -0.3 is 19.6 Å². The first-order valence-electron chi connectivity index (χ1n) is 18.3. The summed E-state index contributed by atoms with van der Waals surface area (Å²) in [6.45, 7) is 13.9. The molecule has 10 rings (SSSR count). The van der Waals surface area contributed by atoms with E-state index >= 15 is 0 Å². The fourth-order valence-corrected chi connectivity index (χ4v) is 10.7. The molecule has 50 heavy (non-hydrogen) atoms. The fourth-order valence-electron chi connectivity index (χ4n) is 10.7. The van der Waals surface area contributed by atoms with E-state index < -0.39 is 0 Å². The first-order valence-corrected chi connectivity index (χ1v) is 18.3. The van der Waals surface area contributed by atoms with E-state index in [4.69, 9.17) is 10.2 Å². The number of fused-ring (bicyclic) bond motifs is 10. The SMILES string of the molecule is CC1=NNC2C3NN=C(C)N3C3C(N4c5ccccc5C(C)(C)c5ccccc54)CCC(N4c5ccccc5C(C)(C)c5ccccc54)C3N12. The van der Waals surface area contributed by atoms with Crippen LogP contribution in [0.5, 0.6) is 0 Å². The molecule has 8 nitrogen and oxygen atoms in total. The van der Waals surface area contributed by atoms with E-state index in [-0.39, 0.29) is 47.3 Å². The zero-order valence-electron chi connectivity index (χ0n) is 29.8. The molecule has 1 aliphatic carbocycles. The number of para-hydroxylation sites is 4. The third-order valence-electron chi connectivity index (χ3n) is 12.9. The van der Waals surface area contributed by atoms with Gasteiger partial charge in [-0.2, -0.15) is 10.2 Å². The van der Waals surface area contributed by atoms with E-state index in [9.17, 15) is 0 Å². The summed E-state index contributed by atoms with van der Waals surface area (Å²) < 4.78 is 0. The van der Waals surface area contributed by atoms with Gasteiger partial charge in [-0.15, -0.1) is 0 Å². The van der Waals surface area contributed by atoms with Crippen LogP contribution in [0.1, 0.15) is 76.6 Å². The van der Waals surface area contributed by atoms with Crippen LogP contribution in [-0.4, -0.2) is 58.0 Å². The van der Waals surface area contributed by atoms with Crippen LogP contribution in [0.15, 0.2) is 107 Å². The van der Waals surface area contributed by atoms with Crippen LogP contribution in [0.4, 0.5) is 22.7 Å². The number of amidine groups is 2. The zero-order chi connectivity index (χ0) is 34.1. The number of hydrogen-bond acceptors (Lipinski definition) is 8. The van der Waals surface area contributed by atoms with Crippen LogP contribution in [0.25, 0.3) is 0 Å². The van der Waals surface area contributed by atoms with Crippen LogP contribution in [0, 0.1) is 0 Å². The van der Waals surface area contributed by atoms with Gasteiger partial charge in [0.1, 0.15) is 11.7 Å². The van der Waals surface area contributed by atoms with Gasteiger partial charge in [0.2, 0.25) is 0 Å². The third kappa shape index (κ3) is 3.77. The lowest BCUT2D eigenvalue weighted by molar-refractivity contribution is -0.0263. The van der Waals surface area contributed by atoms with Crippen molar-refractivity contribution in [1.29, 1.82) is 0 Å². The van der Waals surface area contributed by atoms with E-state index in [0.717, 1.165) is 24.5 Å². The van der Waals surface area contributed by atoms with Crippen molar-refractivity contribution in [3.05, 3.63) is 119 Å². The van der Waals surface area contributed by atoms with Gasteiger partial charge in [-0.1, -0.05) is 100 Å². The van der Waals surface area contributed by atoms with Crippen molar-refractivity contribution in [1.82, 2.24) is 20.7 Å². The molecule has 1 saturated carbocycles. The number of rotatable bonds is 2. The Kier molecular flexibility index (Phi) is 6.15. The van der Waals surface area contributed by atoms with Crippen molar-refractivity contribution in [2.75, 3.05) is 9.80 Å². The predicted molar refractivity (Wildman–Crippen MR) is 202 cm³/mol. The minimum Gasteiger partial charge on any atom is -0.336 e. The van der Waals surface area contributed by atoms with Crippen molar-refractivity contribution in [2.45, 2.75) is 102 Å². The number of piperazine rings is 1. The molecule has 0 aromatic heterocycles. The van der Waals surface area contributed by atoms with E-state index in [1.807, 2.05) is 0 Å². The van der Waals surface area contributed by atoms with Crippen molar-refractivity contribution in [3.8, 4) is 0 Å². The number of nitrogens with one attached hydrogen (secondary N) is 2. The molecule has 0 radical (unpaired) electrons. The predicted octanol–water partition coefficient (Wildman–Crippen LogP) is 7.35. The maximum atomic E-state index is 4.92. The maximum absolute atomic E-state index is 4.92. The van der Waals surface area contributed by atoms with Crippen LogP contribution in [0.2, 0.25) is 0 Å². The van der Waals surface area contributed by atoms with E-state index in [0.29, 0.717) is 0 Å². The lowest BCUT2D eigenvalue weighted by Gasteiger charge is -2.62. The first kappa shape index (κ1) is 29.9. The average Bonchev–Trinajstić information content (AvgIpc) is 3.71. The second-order valence-electron chi connectivity index (χ2n) is 16.0. The van der Waals surface area contributed by atoms with Gasteiger partial charge in [-0.25, -0.2) is 0 Å². The Labute approximate surface area is 295 Å². The number of hydrogen-bond donors (Lipinski definition) is 2. The molecule has 2 fully saturated rings. The van der Waals surface area contributed by atoms with Gasteiger partial charge in [0.25, 0.3) is 0 Å². The Morgan fingerprint density at radius 3 is 1.12 bits per heavy atom. The highest BCUT2D eigenvalue weighted by Crippen LogP contribution is 2.55. The number of nitrogens with zero attached hydrogens (tertiary/aromatic N) is 6. The fraction of sp³-hybridized carbons (Fsp3) is 0.381. The Balaban J connectivity index is 1.20. The molecular weight excluding hydrogens is 617 g/mol. The maximum Gasteiger partial charge on any atom is 0.157 e. The molecule has 4 aromatic carbocycles. The molecule has 5 aliphatic heterocycles. The molecule has 6 aliphatic rings. The Hall–Kier alpha value is -4.98. The molecule has 4 aromatic rings. The highest BCUT2D eigenvalue weighted by atomic mass is 15.7. The summed E-state index contributed by atoms with van der Waals surface area (Å²) in [7, 11) is 0. The molecule has 0 bridgehead atoms. The molecule has 1 saturated heterocycles. The molecular formula is C42H46N8. The van der Waals surface area contributed by atoms with Crippen molar-refractivity contribution < 1.29 is 0 Å². The number of anilines is 4. The highest BCUT2D eigenvalue weighted by Gasteiger charge is 2.61. The summed E-state index contributed by atoms with van der Waals surface area (Å²) in [5, 5.41) is 9.84. The van der Waals surface area contributed by atoms with Crippen molar-refractivity contribution in [2.24, 2.45) is 10.2 Å². The smallest absolute Gasteiger partial charge is 0.157 e. The van der Waals surface area contributed by atoms with E-state index in [2.05, 4.69) is 169 Å². The normalized spacial score (nSPS) is 29.2. The van der Waals surface area contributed by atoms with Crippen LogP contribution in [0.3, 0.4) is 0 Å². The van der Waals surface area contributed by atoms with Crippen LogP contribution >= 0.6 is 0 Å². The molecule has 5 heterocycles. The lowest BCUT2D eigenvalue weighted by Crippen LogP contribution is -2.79. The third-order valence-corrected chi connectivity index (χ3v) is 12.9. The summed E-state index contributed by atoms with van der Waals surface area (Å²) in [6, 6.07) is 37.0. The summed E-state index contributed by atoms with van der Waals surface area (Å²) in [6.07, 6.45) is 1.98. The largest absolute Gasteiger partial charge is 0.336 e. The Bertz CT molecular complexity index is 1850. The van der Waals surface area contributed by atoms with Gasteiger partial charge >= 0.3 is 0 Å². The molecule has 2 N–H and O–H groups in total. The average molecular weight is 663 g/mol. The van der Waals surface area contributed by atoms with Gasteiger partial charge in [0.15, 0.2) is 12.3 Å². The molecule has 8 heteroatoms. The molecule has 0 spiro atoms. The summed E-state index contributed by atoms with van der Waals surface area (Å²) in [5.41, 5.74) is 17.7. The Morgan fingerprint density at radius 2 is 0.800 bits per heavy atom. The molecule has 254 valence electrons. The molecule has 6 unspecified atom stereocenters. The summed E-state index contributed by atoms with van der Waals surface area (Å²) >= 11 is 0. The number of benzene rings is 4. The van der Waals surface area contributed by atoms with E-state index in [1.165, 1.54) is 45.0 Å². The molecule has 6 atom stereocenters. The topological polar surface area (TPSA) is 61.7 Å². The van der Waals surface area contributed by atoms with Crippen molar-refractivity contribution in [3.63, 3.8) is 0 Å². The highest BCUT2D eigenvalue weighted by molar-refractivity contribution is 5.87. The monoisotopic (exact) mass is 662 g/mol. The van der Waals surface area contributed by atoms with Gasteiger partial charge in [0, 0.05) is 33.6 Å². The first-order chi connectivity index (χ1) is 24.2. The quantitative estimate of drug-likeness (QED) is 0.234. The minimum absolute atomic E-state index is 0.0368. The number of hydrazone groups is 2. The van der Waals surface area contributed by atoms with Gasteiger partial charge in [0.05, 0.1) is 24.2 Å². The minimum atomic E-state index is -0.108. The molecule has 0 amide bonds. The van der Waals surface area contributed by atoms with Gasteiger partial charge in [-0.05, 0) is 73.2 Å². The van der Waals surface area contributed by atoms with Gasteiger partial charge in [-0.3, -0.25) is 10.9 Å². The lowest BCUT2D eigenvalue weighted by atomic mass is 9.69.